The summed E-state index contributed by atoms with van der Waals surface area (Å²) in [6, 6.07) is -0.420. The molecule has 0 spiro atoms. The van der Waals surface area contributed by atoms with Crippen LogP contribution in [0.2, 0.25) is 0 Å². The van der Waals surface area contributed by atoms with Crippen LogP contribution in [0.15, 0.2) is 0 Å². The molecule has 0 aromatic rings. The zero-order valence-corrected chi connectivity index (χ0v) is 6.71. The Labute approximate surface area is 70.3 Å². The molecule has 1 saturated heterocycles. The minimum absolute atomic E-state index is 0.0820. The molecule has 0 bridgehead atoms. The van der Waals surface area contributed by atoms with Crippen molar-refractivity contribution in [2.45, 2.75) is 25.3 Å². The van der Waals surface area contributed by atoms with E-state index in [1.165, 1.54) is 0 Å². The lowest BCUT2D eigenvalue weighted by Crippen LogP contribution is -2.43. The van der Waals surface area contributed by atoms with Gasteiger partial charge in [-0.2, -0.15) is 0 Å². The Morgan fingerprint density at radius 1 is 1.33 bits per heavy atom. The monoisotopic (exact) mass is 169 g/mol. The topological polar surface area (TPSA) is 63.2 Å². The van der Waals surface area contributed by atoms with Crippen LogP contribution >= 0.6 is 0 Å². The number of carbonyl (C=O) groups is 3. The SMILES string of the molecule is O=CC(=O)C(=O)C1CCCCN1. The van der Waals surface area contributed by atoms with Crippen molar-refractivity contribution in [3.8, 4) is 0 Å². The highest BCUT2D eigenvalue weighted by Crippen LogP contribution is 2.07. The van der Waals surface area contributed by atoms with E-state index >= 15 is 0 Å². The number of Topliss-reactive ketones (excluding diaryl/α,β-unsaturated/α-hetero) is 2. The number of nitrogens with one attached hydrogen (secondary N) is 1. The molecule has 0 radical (unpaired) electrons. The van der Waals surface area contributed by atoms with Crippen LogP contribution in [0.5, 0.6) is 0 Å². The smallest absolute Gasteiger partial charge is 0.262 e. The first-order valence-corrected chi connectivity index (χ1v) is 4.02. The molecule has 0 amide bonds. The maximum atomic E-state index is 11.1. The highest BCUT2D eigenvalue weighted by Gasteiger charge is 2.25. The summed E-state index contributed by atoms with van der Waals surface area (Å²) in [6.45, 7) is 0.753. The molecular formula is C8H11NO3. The van der Waals surface area contributed by atoms with Crippen LogP contribution in [0, 0.1) is 0 Å². The molecule has 4 nitrogen and oxygen atoms in total. The van der Waals surface area contributed by atoms with Crippen molar-refractivity contribution < 1.29 is 14.4 Å². The average Bonchev–Trinajstić information content (AvgIpc) is 2.17. The second-order valence-corrected chi connectivity index (χ2v) is 2.85. The predicted octanol–water partition coefficient (Wildman–Crippen LogP) is -0.534. The molecule has 1 fully saturated rings. The molecule has 1 aliphatic rings. The molecular weight excluding hydrogens is 158 g/mol. The van der Waals surface area contributed by atoms with E-state index in [2.05, 4.69) is 5.32 Å². The van der Waals surface area contributed by atoms with Gasteiger partial charge in [-0.3, -0.25) is 14.4 Å². The van der Waals surface area contributed by atoms with Crippen molar-refractivity contribution >= 4 is 17.9 Å². The Morgan fingerprint density at radius 2 is 2.08 bits per heavy atom. The first-order chi connectivity index (χ1) is 5.75. The molecule has 4 heteroatoms. The lowest BCUT2D eigenvalue weighted by Gasteiger charge is -2.20. The molecule has 0 aliphatic carbocycles. The maximum absolute atomic E-state index is 11.1. The van der Waals surface area contributed by atoms with E-state index in [9.17, 15) is 14.4 Å². The van der Waals surface area contributed by atoms with Crippen LogP contribution in [-0.2, 0) is 14.4 Å². The third-order valence-corrected chi connectivity index (χ3v) is 1.98. The molecule has 1 N–H and O–H groups in total. The Morgan fingerprint density at radius 3 is 2.58 bits per heavy atom. The van der Waals surface area contributed by atoms with E-state index in [0.717, 1.165) is 19.4 Å². The molecule has 12 heavy (non-hydrogen) atoms. The largest absolute Gasteiger partial charge is 0.307 e. The third kappa shape index (κ3) is 1.98. The minimum atomic E-state index is -0.922. The predicted molar refractivity (Wildman–Crippen MR) is 41.7 cm³/mol. The number of ketones is 2. The number of piperidine rings is 1. The van der Waals surface area contributed by atoms with Gasteiger partial charge in [0.15, 0.2) is 6.29 Å². The van der Waals surface area contributed by atoms with E-state index in [0.29, 0.717) is 6.42 Å². The normalized spacial score (nSPS) is 23.2. The van der Waals surface area contributed by atoms with Gasteiger partial charge in [0.2, 0.25) is 5.78 Å². The zero-order valence-electron chi connectivity index (χ0n) is 6.71. The van der Waals surface area contributed by atoms with E-state index < -0.39 is 17.6 Å². The van der Waals surface area contributed by atoms with Crippen molar-refractivity contribution in [2.24, 2.45) is 0 Å². The van der Waals surface area contributed by atoms with Crippen LogP contribution in [0.3, 0.4) is 0 Å². The fraction of sp³-hybridized carbons (Fsp3) is 0.625. The van der Waals surface area contributed by atoms with Crippen LogP contribution < -0.4 is 5.32 Å². The number of hydrogen-bond donors (Lipinski definition) is 1. The summed E-state index contributed by atoms with van der Waals surface area (Å²) < 4.78 is 0. The van der Waals surface area contributed by atoms with Gasteiger partial charge in [-0.1, -0.05) is 6.42 Å². The molecule has 0 aromatic carbocycles. The van der Waals surface area contributed by atoms with E-state index in [-0.39, 0.29) is 6.29 Å². The average molecular weight is 169 g/mol. The number of aldehydes is 1. The van der Waals surface area contributed by atoms with Crippen LogP contribution in [0.25, 0.3) is 0 Å². The second-order valence-electron chi connectivity index (χ2n) is 2.85. The van der Waals surface area contributed by atoms with Gasteiger partial charge in [-0.25, -0.2) is 0 Å². The summed E-state index contributed by atoms with van der Waals surface area (Å²) in [7, 11) is 0. The standard InChI is InChI=1S/C8H11NO3/c10-5-7(11)8(12)6-3-1-2-4-9-6/h5-6,9H,1-4H2. The van der Waals surface area contributed by atoms with E-state index in [4.69, 9.17) is 0 Å². The van der Waals surface area contributed by atoms with Gasteiger partial charge in [0.1, 0.15) is 0 Å². The van der Waals surface area contributed by atoms with Crippen molar-refractivity contribution in [1.29, 1.82) is 0 Å². The van der Waals surface area contributed by atoms with E-state index in [1.807, 2.05) is 0 Å². The molecule has 66 valence electrons. The molecule has 1 aliphatic heterocycles. The molecule has 1 unspecified atom stereocenters. The Hall–Kier alpha value is -1.03. The zero-order chi connectivity index (χ0) is 8.97. The molecule has 1 heterocycles. The van der Waals surface area contributed by atoms with Crippen molar-refractivity contribution in [1.82, 2.24) is 5.32 Å². The second kappa shape index (κ2) is 4.11. The van der Waals surface area contributed by atoms with Crippen molar-refractivity contribution in [3.63, 3.8) is 0 Å². The third-order valence-electron chi connectivity index (χ3n) is 1.98. The Balaban J connectivity index is 2.50. The lowest BCUT2D eigenvalue weighted by molar-refractivity contribution is -0.141. The van der Waals surface area contributed by atoms with Gasteiger partial charge in [-0.05, 0) is 19.4 Å². The van der Waals surface area contributed by atoms with Gasteiger partial charge in [0.05, 0.1) is 6.04 Å². The first-order valence-electron chi connectivity index (χ1n) is 4.02. The minimum Gasteiger partial charge on any atom is -0.307 e. The highest BCUT2D eigenvalue weighted by molar-refractivity contribution is 6.58. The fourth-order valence-corrected chi connectivity index (χ4v) is 1.31. The lowest BCUT2D eigenvalue weighted by atomic mass is 9.99. The van der Waals surface area contributed by atoms with Gasteiger partial charge in [-0.15, -0.1) is 0 Å². The summed E-state index contributed by atoms with van der Waals surface area (Å²) in [6.07, 6.45) is 2.71. The maximum Gasteiger partial charge on any atom is 0.262 e. The number of carbonyl (C=O) groups excluding carboxylic acids is 3. The van der Waals surface area contributed by atoms with E-state index in [1.54, 1.807) is 0 Å². The summed E-state index contributed by atoms with van der Waals surface area (Å²) >= 11 is 0. The van der Waals surface area contributed by atoms with Crippen LogP contribution in [0.1, 0.15) is 19.3 Å². The van der Waals surface area contributed by atoms with Crippen molar-refractivity contribution in [2.75, 3.05) is 6.54 Å². The van der Waals surface area contributed by atoms with Crippen LogP contribution in [0.4, 0.5) is 0 Å². The van der Waals surface area contributed by atoms with Gasteiger partial charge >= 0.3 is 0 Å². The summed E-state index contributed by atoms with van der Waals surface area (Å²) in [5.74, 6) is -1.51. The highest BCUT2D eigenvalue weighted by atomic mass is 16.2. The molecule has 0 aromatic heterocycles. The quantitative estimate of drug-likeness (QED) is 0.350. The molecule has 1 atom stereocenters. The van der Waals surface area contributed by atoms with Gasteiger partial charge < -0.3 is 5.32 Å². The first kappa shape index (κ1) is 9.06. The number of rotatable bonds is 3. The fourth-order valence-electron chi connectivity index (χ4n) is 1.31. The van der Waals surface area contributed by atoms with Crippen LogP contribution in [-0.4, -0.2) is 30.4 Å². The van der Waals surface area contributed by atoms with Crippen molar-refractivity contribution in [3.05, 3.63) is 0 Å². The Kier molecular flexibility index (Phi) is 3.10. The Bertz CT molecular complexity index is 206. The number of hydrogen-bond acceptors (Lipinski definition) is 4. The summed E-state index contributed by atoms with van der Waals surface area (Å²) in [5.41, 5.74) is 0. The summed E-state index contributed by atoms with van der Waals surface area (Å²) in [5, 5.41) is 2.90. The van der Waals surface area contributed by atoms with Gasteiger partial charge in [0, 0.05) is 0 Å². The molecule has 0 saturated carbocycles. The summed E-state index contributed by atoms with van der Waals surface area (Å²) in [4.78, 5) is 31.7. The van der Waals surface area contributed by atoms with Gasteiger partial charge in [0.25, 0.3) is 5.78 Å². The molecule has 1 rings (SSSR count).